The van der Waals surface area contributed by atoms with Gasteiger partial charge in [0.05, 0.1) is 6.10 Å². The fraction of sp³-hybridized carbons (Fsp3) is 0.176. The zero-order valence-corrected chi connectivity index (χ0v) is 11.8. The first-order valence-corrected chi connectivity index (χ1v) is 7.33. The predicted octanol–water partition coefficient (Wildman–Crippen LogP) is 4.16. The van der Waals surface area contributed by atoms with Crippen LogP contribution in [-0.4, -0.2) is 17.0 Å². The topological polar surface area (TPSA) is 20.2 Å². The quantitative estimate of drug-likeness (QED) is 0.823. The number of hydrogen-bond acceptors (Lipinski definition) is 2. The minimum Gasteiger partial charge on any atom is -0.388 e. The number of aliphatic hydroxyl groups is 1. The third-order valence-corrected chi connectivity index (χ3v) is 3.87. The van der Waals surface area contributed by atoms with Gasteiger partial charge in [0.1, 0.15) is 0 Å². The Kier molecular flexibility index (Phi) is 5.25. The van der Waals surface area contributed by atoms with E-state index < -0.39 is 6.10 Å². The molecule has 2 heteroatoms. The smallest absolute Gasteiger partial charge is 0.0818 e. The molecule has 0 amide bonds. The average molecular weight is 270 g/mol. The van der Waals surface area contributed by atoms with Crippen LogP contribution in [0.25, 0.3) is 6.08 Å². The Hall–Kier alpha value is -1.51. The summed E-state index contributed by atoms with van der Waals surface area (Å²) < 4.78 is 0. The standard InChI is InChI=1S/C17H18OS/c1-14-7-11-17(12-8-14)19-13-16(18)10-9-15-5-3-2-4-6-15/h2-12,16,18H,13H2,1H3/b10-9-/t16-/m0/s1. The Morgan fingerprint density at radius 2 is 1.74 bits per heavy atom. The van der Waals surface area contributed by atoms with Gasteiger partial charge in [-0.05, 0) is 24.6 Å². The first-order chi connectivity index (χ1) is 9.24. The number of rotatable bonds is 5. The monoisotopic (exact) mass is 270 g/mol. The lowest BCUT2D eigenvalue weighted by molar-refractivity contribution is 0.249. The van der Waals surface area contributed by atoms with Gasteiger partial charge in [0.15, 0.2) is 0 Å². The highest BCUT2D eigenvalue weighted by Gasteiger charge is 2.00. The Morgan fingerprint density at radius 3 is 2.42 bits per heavy atom. The van der Waals surface area contributed by atoms with Crippen molar-refractivity contribution >= 4 is 17.8 Å². The Labute approximate surface area is 119 Å². The maximum absolute atomic E-state index is 9.92. The molecule has 0 saturated carbocycles. The van der Waals surface area contributed by atoms with Crippen molar-refractivity contribution in [2.75, 3.05) is 5.75 Å². The van der Waals surface area contributed by atoms with E-state index in [0.717, 1.165) is 5.56 Å². The van der Waals surface area contributed by atoms with Gasteiger partial charge in [0, 0.05) is 10.6 Å². The zero-order chi connectivity index (χ0) is 13.5. The van der Waals surface area contributed by atoms with E-state index in [9.17, 15) is 5.11 Å². The second kappa shape index (κ2) is 7.17. The van der Waals surface area contributed by atoms with Crippen molar-refractivity contribution < 1.29 is 5.11 Å². The van der Waals surface area contributed by atoms with Crippen LogP contribution in [0.15, 0.2) is 65.6 Å². The van der Waals surface area contributed by atoms with Gasteiger partial charge in [0.25, 0.3) is 0 Å². The summed E-state index contributed by atoms with van der Waals surface area (Å²) in [4.78, 5) is 1.19. The summed E-state index contributed by atoms with van der Waals surface area (Å²) in [6.07, 6.45) is 3.38. The summed E-state index contributed by atoms with van der Waals surface area (Å²) >= 11 is 1.67. The molecule has 1 N–H and O–H groups in total. The number of hydrogen-bond donors (Lipinski definition) is 1. The van der Waals surface area contributed by atoms with Crippen LogP contribution >= 0.6 is 11.8 Å². The lowest BCUT2D eigenvalue weighted by Gasteiger charge is -2.05. The van der Waals surface area contributed by atoms with Crippen molar-refractivity contribution in [3.63, 3.8) is 0 Å². The van der Waals surface area contributed by atoms with Gasteiger partial charge >= 0.3 is 0 Å². The molecule has 0 fully saturated rings. The van der Waals surface area contributed by atoms with E-state index in [-0.39, 0.29) is 0 Å². The Balaban J connectivity index is 1.83. The molecule has 1 atom stereocenters. The number of benzene rings is 2. The molecule has 2 rings (SSSR count). The highest BCUT2D eigenvalue weighted by molar-refractivity contribution is 7.99. The minimum absolute atomic E-state index is 0.425. The second-order valence-electron chi connectivity index (χ2n) is 4.46. The van der Waals surface area contributed by atoms with Crippen LogP contribution in [0.5, 0.6) is 0 Å². The van der Waals surface area contributed by atoms with Crippen LogP contribution in [0, 0.1) is 6.92 Å². The van der Waals surface area contributed by atoms with Crippen LogP contribution in [0.4, 0.5) is 0 Å². The maximum Gasteiger partial charge on any atom is 0.0818 e. The van der Waals surface area contributed by atoms with E-state index in [4.69, 9.17) is 0 Å². The number of aryl methyl sites for hydroxylation is 1. The van der Waals surface area contributed by atoms with Gasteiger partial charge in [-0.15, -0.1) is 11.8 Å². The summed E-state index contributed by atoms with van der Waals surface area (Å²) in [7, 11) is 0. The van der Waals surface area contributed by atoms with Crippen molar-refractivity contribution in [3.05, 3.63) is 71.8 Å². The third-order valence-electron chi connectivity index (χ3n) is 2.75. The molecule has 2 aromatic carbocycles. The van der Waals surface area contributed by atoms with Crippen molar-refractivity contribution in [1.29, 1.82) is 0 Å². The first kappa shape index (κ1) is 13.9. The van der Waals surface area contributed by atoms with E-state index in [1.165, 1.54) is 10.5 Å². The number of thioether (sulfide) groups is 1. The summed E-state index contributed by atoms with van der Waals surface area (Å²) in [5.74, 6) is 0.673. The van der Waals surface area contributed by atoms with E-state index in [1.807, 2.05) is 42.5 Å². The lowest BCUT2D eigenvalue weighted by atomic mass is 10.2. The summed E-state index contributed by atoms with van der Waals surface area (Å²) in [5.41, 5.74) is 2.37. The van der Waals surface area contributed by atoms with Crippen LogP contribution in [0.2, 0.25) is 0 Å². The number of aliphatic hydroxyl groups excluding tert-OH is 1. The van der Waals surface area contributed by atoms with E-state index >= 15 is 0 Å². The van der Waals surface area contributed by atoms with Gasteiger partial charge < -0.3 is 5.11 Å². The molecule has 0 saturated heterocycles. The summed E-state index contributed by atoms with van der Waals surface area (Å²) in [6.45, 7) is 2.08. The molecule has 0 heterocycles. The van der Waals surface area contributed by atoms with Gasteiger partial charge in [-0.2, -0.15) is 0 Å². The maximum atomic E-state index is 9.92. The molecule has 0 unspecified atom stereocenters. The molecule has 0 spiro atoms. The average Bonchev–Trinajstić information content (AvgIpc) is 2.45. The van der Waals surface area contributed by atoms with Crippen LogP contribution in [0.3, 0.4) is 0 Å². The fourth-order valence-electron chi connectivity index (χ4n) is 1.66. The molecule has 0 bridgehead atoms. The van der Waals surface area contributed by atoms with Gasteiger partial charge in [0.2, 0.25) is 0 Å². The fourth-order valence-corrected chi connectivity index (χ4v) is 2.46. The molecule has 0 radical (unpaired) electrons. The molecular weight excluding hydrogens is 252 g/mol. The van der Waals surface area contributed by atoms with Crippen molar-refractivity contribution in [1.82, 2.24) is 0 Å². The SMILES string of the molecule is Cc1ccc(SC[C@@H](O)/C=C\c2ccccc2)cc1. The van der Waals surface area contributed by atoms with Crippen LogP contribution in [-0.2, 0) is 0 Å². The molecule has 98 valence electrons. The molecule has 0 aliphatic carbocycles. The first-order valence-electron chi connectivity index (χ1n) is 6.35. The highest BCUT2D eigenvalue weighted by Crippen LogP contribution is 2.19. The van der Waals surface area contributed by atoms with E-state index in [2.05, 4.69) is 31.2 Å². The largest absolute Gasteiger partial charge is 0.388 e. The van der Waals surface area contributed by atoms with Gasteiger partial charge in [-0.3, -0.25) is 0 Å². The molecule has 1 nitrogen and oxygen atoms in total. The molecule has 19 heavy (non-hydrogen) atoms. The predicted molar refractivity (Wildman–Crippen MR) is 83.4 cm³/mol. The lowest BCUT2D eigenvalue weighted by Crippen LogP contribution is -2.05. The molecule has 0 aliphatic rings. The summed E-state index contributed by atoms with van der Waals surface area (Å²) in [5, 5.41) is 9.92. The van der Waals surface area contributed by atoms with Crippen LogP contribution < -0.4 is 0 Å². The van der Waals surface area contributed by atoms with Gasteiger partial charge in [-0.1, -0.05) is 60.2 Å². The normalized spacial score (nSPS) is 12.7. The zero-order valence-electron chi connectivity index (χ0n) is 11.0. The Morgan fingerprint density at radius 1 is 1.05 bits per heavy atom. The van der Waals surface area contributed by atoms with Crippen LogP contribution in [0.1, 0.15) is 11.1 Å². The van der Waals surface area contributed by atoms with E-state index in [0.29, 0.717) is 5.75 Å². The van der Waals surface area contributed by atoms with Gasteiger partial charge in [-0.25, -0.2) is 0 Å². The third kappa shape index (κ3) is 4.93. The van der Waals surface area contributed by atoms with E-state index in [1.54, 1.807) is 11.8 Å². The van der Waals surface area contributed by atoms with Crippen molar-refractivity contribution in [2.24, 2.45) is 0 Å². The Bertz CT molecular complexity index is 517. The molecule has 2 aromatic rings. The summed E-state index contributed by atoms with van der Waals surface area (Å²) in [6, 6.07) is 18.4. The van der Waals surface area contributed by atoms with Crippen molar-refractivity contribution in [2.45, 2.75) is 17.9 Å². The second-order valence-corrected chi connectivity index (χ2v) is 5.55. The molecule has 0 aliphatic heterocycles. The minimum atomic E-state index is -0.425. The molecule has 0 aromatic heterocycles. The molecular formula is C17H18OS. The van der Waals surface area contributed by atoms with Crippen molar-refractivity contribution in [3.8, 4) is 0 Å². The highest BCUT2D eigenvalue weighted by atomic mass is 32.2.